The molecule has 2 heteroatoms. The highest BCUT2D eigenvalue weighted by atomic mass is 79.9. The van der Waals surface area contributed by atoms with Crippen molar-refractivity contribution in [2.45, 2.75) is 45.4 Å². The lowest BCUT2D eigenvalue weighted by Gasteiger charge is -2.25. The zero-order valence-corrected chi connectivity index (χ0v) is 12.1. The van der Waals surface area contributed by atoms with Gasteiger partial charge in [-0.2, -0.15) is 0 Å². The third-order valence-electron chi connectivity index (χ3n) is 2.81. The van der Waals surface area contributed by atoms with Crippen LogP contribution in [0, 0.1) is 18.2 Å². The Kier molecular flexibility index (Phi) is 4.54. The second kappa shape index (κ2) is 5.31. The van der Waals surface area contributed by atoms with Crippen LogP contribution < -0.4 is 0 Å². The Morgan fingerprint density at radius 2 is 1.94 bits per heavy atom. The van der Waals surface area contributed by atoms with Gasteiger partial charge in [0.2, 0.25) is 0 Å². The van der Waals surface area contributed by atoms with Crippen molar-refractivity contribution in [1.29, 1.82) is 0 Å². The molecule has 16 heavy (non-hydrogen) atoms. The van der Waals surface area contributed by atoms with E-state index in [9.17, 15) is 4.39 Å². The highest BCUT2D eigenvalue weighted by Gasteiger charge is 2.21. The average molecular weight is 287 g/mol. The molecule has 1 aromatic rings. The quantitative estimate of drug-likeness (QED) is 0.695. The van der Waals surface area contributed by atoms with Crippen LogP contribution in [0.15, 0.2) is 18.2 Å². The standard InChI is InChI=1S/C14H20BrF/c1-10-5-7-12(16)11(9-10)6-8-13(15)14(2,3)4/h5,7,9,13H,6,8H2,1-4H3. The van der Waals surface area contributed by atoms with E-state index < -0.39 is 0 Å². The maximum atomic E-state index is 13.5. The summed E-state index contributed by atoms with van der Waals surface area (Å²) < 4.78 is 13.5. The van der Waals surface area contributed by atoms with Gasteiger partial charge in [0, 0.05) is 4.83 Å². The molecule has 0 aliphatic rings. The van der Waals surface area contributed by atoms with Crippen LogP contribution in [0.1, 0.15) is 38.3 Å². The molecular weight excluding hydrogens is 267 g/mol. The topological polar surface area (TPSA) is 0 Å². The van der Waals surface area contributed by atoms with Crippen molar-refractivity contribution in [3.8, 4) is 0 Å². The normalized spacial score (nSPS) is 13.9. The molecule has 0 nitrogen and oxygen atoms in total. The van der Waals surface area contributed by atoms with Crippen molar-refractivity contribution in [2.75, 3.05) is 0 Å². The van der Waals surface area contributed by atoms with Crippen molar-refractivity contribution >= 4 is 15.9 Å². The molecule has 0 saturated carbocycles. The number of aryl methyl sites for hydroxylation is 2. The summed E-state index contributed by atoms with van der Waals surface area (Å²) in [4.78, 5) is 0.417. The van der Waals surface area contributed by atoms with Crippen LogP contribution in [-0.2, 0) is 6.42 Å². The molecule has 0 aliphatic heterocycles. The van der Waals surface area contributed by atoms with E-state index in [4.69, 9.17) is 0 Å². The minimum Gasteiger partial charge on any atom is -0.207 e. The molecule has 1 atom stereocenters. The predicted molar refractivity (Wildman–Crippen MR) is 71.6 cm³/mol. The summed E-state index contributed by atoms with van der Waals surface area (Å²) in [7, 11) is 0. The van der Waals surface area contributed by atoms with Gasteiger partial charge in [-0.1, -0.05) is 54.4 Å². The number of alkyl halides is 1. The van der Waals surface area contributed by atoms with Crippen LogP contribution in [0.3, 0.4) is 0 Å². The number of rotatable bonds is 3. The Labute approximate surface area is 106 Å². The maximum Gasteiger partial charge on any atom is 0.126 e. The lowest BCUT2D eigenvalue weighted by Crippen LogP contribution is -2.20. The fraction of sp³-hybridized carbons (Fsp3) is 0.571. The summed E-state index contributed by atoms with van der Waals surface area (Å²) in [5, 5.41) is 0. The van der Waals surface area contributed by atoms with Crippen molar-refractivity contribution in [2.24, 2.45) is 5.41 Å². The first-order chi connectivity index (χ1) is 7.30. The average Bonchev–Trinajstić information content (AvgIpc) is 2.17. The molecule has 0 aromatic heterocycles. The van der Waals surface area contributed by atoms with E-state index in [1.165, 1.54) is 0 Å². The second-order valence-corrected chi connectivity index (χ2v) is 6.57. The van der Waals surface area contributed by atoms with Gasteiger partial charge >= 0.3 is 0 Å². The van der Waals surface area contributed by atoms with Crippen LogP contribution >= 0.6 is 15.9 Å². The Morgan fingerprint density at radius 3 is 2.50 bits per heavy atom. The molecule has 0 N–H and O–H groups in total. The third-order valence-corrected chi connectivity index (χ3v) is 4.64. The van der Waals surface area contributed by atoms with Gasteiger partial charge in [-0.05, 0) is 36.8 Å². The summed E-state index contributed by atoms with van der Waals surface area (Å²) in [6.45, 7) is 8.58. The number of halogens is 2. The second-order valence-electron chi connectivity index (χ2n) is 5.47. The summed E-state index contributed by atoms with van der Waals surface area (Å²) in [5.74, 6) is -0.0841. The molecule has 0 aliphatic carbocycles. The molecule has 0 amide bonds. The van der Waals surface area contributed by atoms with Crippen molar-refractivity contribution < 1.29 is 4.39 Å². The third kappa shape index (κ3) is 3.89. The summed E-state index contributed by atoms with van der Waals surface area (Å²) in [6, 6.07) is 5.32. The molecule has 0 heterocycles. The first-order valence-corrected chi connectivity index (χ1v) is 6.61. The fourth-order valence-electron chi connectivity index (χ4n) is 1.61. The van der Waals surface area contributed by atoms with Crippen LogP contribution in [0.5, 0.6) is 0 Å². The monoisotopic (exact) mass is 286 g/mol. The number of hydrogen-bond donors (Lipinski definition) is 0. The number of hydrogen-bond acceptors (Lipinski definition) is 0. The fourth-order valence-corrected chi connectivity index (χ4v) is 1.84. The number of benzene rings is 1. The first kappa shape index (κ1) is 13.7. The van der Waals surface area contributed by atoms with E-state index in [2.05, 4.69) is 36.7 Å². The zero-order valence-electron chi connectivity index (χ0n) is 10.5. The Bertz CT molecular complexity index is 352. The minimum atomic E-state index is -0.0841. The largest absolute Gasteiger partial charge is 0.207 e. The molecule has 1 unspecified atom stereocenters. The lowest BCUT2D eigenvalue weighted by atomic mass is 9.88. The predicted octanol–water partition coefficient (Wildman–Crippen LogP) is 4.88. The van der Waals surface area contributed by atoms with Gasteiger partial charge in [-0.3, -0.25) is 0 Å². The van der Waals surface area contributed by atoms with Gasteiger partial charge in [0.1, 0.15) is 5.82 Å². The van der Waals surface area contributed by atoms with E-state index in [1.807, 2.05) is 19.1 Å². The summed E-state index contributed by atoms with van der Waals surface area (Å²) in [6.07, 6.45) is 1.75. The van der Waals surface area contributed by atoms with Gasteiger partial charge in [0.25, 0.3) is 0 Å². The highest BCUT2D eigenvalue weighted by molar-refractivity contribution is 9.09. The summed E-state index contributed by atoms with van der Waals surface area (Å²) >= 11 is 3.68. The lowest BCUT2D eigenvalue weighted by molar-refractivity contribution is 0.384. The summed E-state index contributed by atoms with van der Waals surface area (Å²) in [5.41, 5.74) is 2.17. The molecule has 0 spiro atoms. The molecular formula is C14H20BrF. The van der Waals surface area contributed by atoms with E-state index in [-0.39, 0.29) is 11.2 Å². The van der Waals surface area contributed by atoms with Crippen molar-refractivity contribution in [3.63, 3.8) is 0 Å². The molecule has 1 aromatic carbocycles. The molecule has 90 valence electrons. The van der Waals surface area contributed by atoms with Crippen molar-refractivity contribution in [3.05, 3.63) is 35.1 Å². The Morgan fingerprint density at radius 1 is 1.31 bits per heavy atom. The Balaban J connectivity index is 2.64. The van der Waals surface area contributed by atoms with E-state index in [0.717, 1.165) is 24.0 Å². The molecule has 1 rings (SSSR count). The van der Waals surface area contributed by atoms with Crippen LogP contribution in [0.2, 0.25) is 0 Å². The zero-order chi connectivity index (χ0) is 12.3. The van der Waals surface area contributed by atoms with Gasteiger partial charge < -0.3 is 0 Å². The van der Waals surface area contributed by atoms with Crippen LogP contribution in [0.25, 0.3) is 0 Å². The molecule has 0 radical (unpaired) electrons. The Hall–Kier alpha value is -0.370. The van der Waals surface area contributed by atoms with Gasteiger partial charge in [0.15, 0.2) is 0 Å². The highest BCUT2D eigenvalue weighted by Crippen LogP contribution is 2.30. The molecule has 0 fully saturated rings. The minimum absolute atomic E-state index is 0.0841. The molecule has 0 saturated heterocycles. The van der Waals surface area contributed by atoms with E-state index >= 15 is 0 Å². The SMILES string of the molecule is Cc1ccc(F)c(CCC(Br)C(C)(C)C)c1. The van der Waals surface area contributed by atoms with Crippen LogP contribution in [0.4, 0.5) is 4.39 Å². The van der Waals surface area contributed by atoms with Gasteiger partial charge in [-0.15, -0.1) is 0 Å². The van der Waals surface area contributed by atoms with Crippen LogP contribution in [-0.4, -0.2) is 4.83 Å². The van der Waals surface area contributed by atoms with E-state index in [1.54, 1.807) is 6.07 Å². The maximum absolute atomic E-state index is 13.5. The smallest absolute Gasteiger partial charge is 0.126 e. The molecule has 0 bridgehead atoms. The van der Waals surface area contributed by atoms with Gasteiger partial charge in [-0.25, -0.2) is 4.39 Å². The van der Waals surface area contributed by atoms with Crippen molar-refractivity contribution in [1.82, 2.24) is 0 Å². The van der Waals surface area contributed by atoms with E-state index in [0.29, 0.717) is 4.83 Å². The van der Waals surface area contributed by atoms with Gasteiger partial charge in [0.05, 0.1) is 0 Å². The first-order valence-electron chi connectivity index (χ1n) is 5.70.